The van der Waals surface area contributed by atoms with E-state index >= 15 is 0 Å². The van der Waals surface area contributed by atoms with E-state index < -0.39 is 11.9 Å². The van der Waals surface area contributed by atoms with Gasteiger partial charge in [-0.2, -0.15) is 8.78 Å². The van der Waals surface area contributed by atoms with Crippen molar-refractivity contribution in [3.05, 3.63) is 35.9 Å². The molecule has 0 saturated carbocycles. The van der Waals surface area contributed by atoms with Crippen molar-refractivity contribution in [2.75, 3.05) is 6.61 Å². The molecule has 14 heavy (non-hydrogen) atoms. The zero-order valence-corrected chi connectivity index (χ0v) is 7.67. The number of alkyl halides is 2. The van der Waals surface area contributed by atoms with Crippen LogP contribution in [0, 0.1) is 0 Å². The first-order valence-electron chi connectivity index (χ1n) is 4.19. The average Bonchev–Trinajstić information content (AvgIpc) is 2.19. The topological polar surface area (TPSA) is 26.3 Å². The molecule has 76 valence electrons. The molecule has 0 bridgehead atoms. The summed E-state index contributed by atoms with van der Waals surface area (Å²) < 4.78 is 30.8. The minimum absolute atomic E-state index is 0.0543. The molecule has 0 aliphatic rings. The van der Waals surface area contributed by atoms with Gasteiger partial charge in [0.25, 0.3) is 0 Å². The number of carbonyl (C=O) groups excluding carboxylic acids is 1. The van der Waals surface area contributed by atoms with Gasteiger partial charge in [-0.05, 0) is 6.92 Å². The monoisotopic (exact) mass is 200 g/mol. The van der Waals surface area contributed by atoms with E-state index in [-0.39, 0.29) is 12.2 Å². The van der Waals surface area contributed by atoms with Crippen LogP contribution in [-0.4, -0.2) is 12.6 Å². The van der Waals surface area contributed by atoms with Crippen LogP contribution in [0.3, 0.4) is 0 Å². The number of hydrogen-bond acceptors (Lipinski definition) is 2. The van der Waals surface area contributed by atoms with Gasteiger partial charge in [0.1, 0.15) is 0 Å². The van der Waals surface area contributed by atoms with Gasteiger partial charge < -0.3 is 4.74 Å². The Morgan fingerprint density at radius 2 is 1.93 bits per heavy atom. The third-order valence-corrected chi connectivity index (χ3v) is 1.67. The lowest BCUT2D eigenvalue weighted by atomic mass is 10.1. The zero-order valence-electron chi connectivity index (χ0n) is 7.67. The quantitative estimate of drug-likeness (QED) is 0.700. The Morgan fingerprint density at radius 1 is 1.36 bits per heavy atom. The molecule has 4 heteroatoms. The molecule has 0 aromatic heterocycles. The third-order valence-electron chi connectivity index (χ3n) is 1.67. The van der Waals surface area contributed by atoms with Crippen LogP contribution in [-0.2, 0) is 15.5 Å². The van der Waals surface area contributed by atoms with Crippen molar-refractivity contribution in [3.63, 3.8) is 0 Å². The Bertz CT molecular complexity index is 309. The molecule has 0 saturated heterocycles. The summed E-state index contributed by atoms with van der Waals surface area (Å²) >= 11 is 0. The van der Waals surface area contributed by atoms with Gasteiger partial charge in [0.2, 0.25) is 0 Å². The largest absolute Gasteiger partial charge is 0.461 e. The van der Waals surface area contributed by atoms with Crippen LogP contribution in [0.1, 0.15) is 12.5 Å². The van der Waals surface area contributed by atoms with E-state index in [1.165, 1.54) is 31.2 Å². The maximum Gasteiger partial charge on any atom is 0.381 e. The molecular weight excluding hydrogens is 190 g/mol. The fraction of sp³-hybridized carbons (Fsp3) is 0.300. The molecule has 0 atom stereocenters. The molecule has 0 spiro atoms. The minimum Gasteiger partial charge on any atom is -0.461 e. The molecule has 1 rings (SSSR count). The first-order valence-corrected chi connectivity index (χ1v) is 4.19. The first-order chi connectivity index (χ1) is 6.59. The molecule has 0 heterocycles. The van der Waals surface area contributed by atoms with Crippen LogP contribution >= 0.6 is 0 Å². The number of benzene rings is 1. The number of carbonyl (C=O) groups is 1. The Hall–Kier alpha value is -1.45. The van der Waals surface area contributed by atoms with Crippen LogP contribution in [0.15, 0.2) is 30.3 Å². The maximum atomic E-state index is 13.3. The second-order valence-electron chi connectivity index (χ2n) is 2.66. The second kappa shape index (κ2) is 4.17. The lowest BCUT2D eigenvalue weighted by Crippen LogP contribution is -2.28. The Labute approximate surface area is 80.5 Å². The Kier molecular flexibility index (Phi) is 3.17. The Morgan fingerprint density at radius 3 is 2.43 bits per heavy atom. The number of halogens is 2. The summed E-state index contributed by atoms with van der Waals surface area (Å²) in [6.07, 6.45) is 0. The molecule has 0 aliphatic heterocycles. The van der Waals surface area contributed by atoms with Gasteiger partial charge in [0, 0.05) is 5.56 Å². The molecule has 1 aromatic rings. The Balaban J connectivity index is 2.90. The molecule has 0 unspecified atom stereocenters. The summed E-state index contributed by atoms with van der Waals surface area (Å²) in [7, 11) is 0. The first kappa shape index (κ1) is 10.6. The van der Waals surface area contributed by atoms with E-state index in [9.17, 15) is 13.6 Å². The molecule has 1 aromatic carbocycles. The fourth-order valence-corrected chi connectivity index (χ4v) is 0.987. The van der Waals surface area contributed by atoms with Crippen LogP contribution in [0.25, 0.3) is 0 Å². The second-order valence-corrected chi connectivity index (χ2v) is 2.66. The summed E-state index contributed by atoms with van der Waals surface area (Å²) in [5, 5.41) is 0. The van der Waals surface area contributed by atoms with E-state index in [0.29, 0.717) is 0 Å². The van der Waals surface area contributed by atoms with Crippen molar-refractivity contribution in [1.29, 1.82) is 0 Å². The lowest BCUT2D eigenvalue weighted by molar-refractivity contribution is -0.173. The van der Waals surface area contributed by atoms with E-state index in [0.717, 1.165) is 0 Å². The maximum absolute atomic E-state index is 13.3. The fourth-order valence-electron chi connectivity index (χ4n) is 0.987. The highest BCUT2D eigenvalue weighted by atomic mass is 19.3. The van der Waals surface area contributed by atoms with Crippen molar-refractivity contribution >= 4 is 5.97 Å². The SMILES string of the molecule is CCOC(=O)C(F)(F)c1ccccc1. The average molecular weight is 200 g/mol. The van der Waals surface area contributed by atoms with Crippen LogP contribution in [0.5, 0.6) is 0 Å². The van der Waals surface area contributed by atoms with Gasteiger partial charge >= 0.3 is 11.9 Å². The molecule has 0 radical (unpaired) electrons. The van der Waals surface area contributed by atoms with Gasteiger partial charge in [-0.15, -0.1) is 0 Å². The number of rotatable bonds is 3. The highest BCUT2D eigenvalue weighted by Crippen LogP contribution is 2.28. The van der Waals surface area contributed by atoms with Crippen LogP contribution in [0.2, 0.25) is 0 Å². The van der Waals surface area contributed by atoms with Gasteiger partial charge in [-0.3, -0.25) is 0 Å². The van der Waals surface area contributed by atoms with Crippen LogP contribution < -0.4 is 0 Å². The van der Waals surface area contributed by atoms with E-state index in [1.807, 2.05) is 0 Å². The summed E-state index contributed by atoms with van der Waals surface area (Å²) in [5.74, 6) is -5.07. The molecule has 2 nitrogen and oxygen atoms in total. The van der Waals surface area contributed by atoms with Crippen molar-refractivity contribution in [2.45, 2.75) is 12.8 Å². The molecule has 0 aliphatic carbocycles. The van der Waals surface area contributed by atoms with Crippen molar-refractivity contribution in [1.82, 2.24) is 0 Å². The smallest absolute Gasteiger partial charge is 0.381 e. The number of esters is 1. The standard InChI is InChI=1S/C10H10F2O2/c1-2-14-9(13)10(11,12)8-6-4-3-5-7-8/h3-7H,2H2,1H3. The summed E-state index contributed by atoms with van der Waals surface area (Å²) in [4.78, 5) is 10.9. The number of ether oxygens (including phenoxy) is 1. The van der Waals surface area contributed by atoms with E-state index in [4.69, 9.17) is 0 Å². The normalized spacial score (nSPS) is 11.1. The molecule has 0 N–H and O–H groups in total. The predicted molar refractivity (Wildman–Crippen MR) is 47.0 cm³/mol. The number of hydrogen-bond donors (Lipinski definition) is 0. The zero-order chi connectivity index (χ0) is 10.6. The van der Waals surface area contributed by atoms with Gasteiger partial charge in [-0.1, -0.05) is 30.3 Å². The van der Waals surface area contributed by atoms with E-state index in [1.54, 1.807) is 6.07 Å². The highest BCUT2D eigenvalue weighted by molar-refractivity contribution is 5.79. The van der Waals surface area contributed by atoms with Crippen molar-refractivity contribution < 1.29 is 18.3 Å². The molecule has 0 amide bonds. The molecule has 0 fully saturated rings. The predicted octanol–water partition coefficient (Wildman–Crippen LogP) is 2.34. The highest BCUT2D eigenvalue weighted by Gasteiger charge is 2.42. The van der Waals surface area contributed by atoms with Gasteiger partial charge in [-0.25, -0.2) is 4.79 Å². The summed E-state index contributed by atoms with van der Waals surface area (Å²) in [6.45, 7) is 1.43. The van der Waals surface area contributed by atoms with Gasteiger partial charge in [0.05, 0.1) is 6.61 Å². The summed E-state index contributed by atoms with van der Waals surface area (Å²) in [6, 6.07) is 6.88. The van der Waals surface area contributed by atoms with Crippen LogP contribution in [0.4, 0.5) is 8.78 Å². The molecular formula is C10H10F2O2. The third kappa shape index (κ3) is 2.07. The van der Waals surface area contributed by atoms with Gasteiger partial charge in [0.15, 0.2) is 0 Å². The minimum atomic E-state index is -3.56. The van der Waals surface area contributed by atoms with E-state index in [2.05, 4.69) is 4.74 Å². The lowest BCUT2D eigenvalue weighted by Gasteiger charge is -2.14. The van der Waals surface area contributed by atoms with Crippen molar-refractivity contribution in [3.8, 4) is 0 Å². The summed E-state index contributed by atoms with van der Waals surface area (Å²) in [5.41, 5.74) is -0.349. The van der Waals surface area contributed by atoms with Crippen molar-refractivity contribution in [2.24, 2.45) is 0 Å².